The van der Waals surface area contributed by atoms with E-state index in [2.05, 4.69) is 5.32 Å². The summed E-state index contributed by atoms with van der Waals surface area (Å²) in [5.74, 6) is -1.30. The number of carboxylic acids is 1. The van der Waals surface area contributed by atoms with Gasteiger partial charge in [-0.1, -0.05) is 12.1 Å². The molecule has 16 heavy (non-hydrogen) atoms. The molecule has 0 aromatic heterocycles. The van der Waals surface area contributed by atoms with Gasteiger partial charge in [-0.15, -0.1) is 0 Å². The normalized spacial score (nSPS) is 10.0. The topological polar surface area (TPSA) is 92.4 Å². The van der Waals surface area contributed by atoms with E-state index < -0.39 is 5.97 Å². The first-order valence-corrected chi connectivity index (χ1v) is 4.91. The maximum Gasteiger partial charge on any atom is 0.335 e. The van der Waals surface area contributed by atoms with Crippen LogP contribution < -0.4 is 11.1 Å². The van der Waals surface area contributed by atoms with Crippen LogP contribution in [0.4, 0.5) is 0 Å². The molecule has 86 valence electrons. The van der Waals surface area contributed by atoms with Crippen molar-refractivity contribution in [2.75, 3.05) is 6.54 Å². The zero-order chi connectivity index (χ0) is 12.0. The van der Waals surface area contributed by atoms with Crippen LogP contribution in [0, 0.1) is 0 Å². The van der Waals surface area contributed by atoms with Crippen molar-refractivity contribution in [2.24, 2.45) is 5.73 Å². The summed E-state index contributed by atoms with van der Waals surface area (Å²) in [7, 11) is 0. The lowest BCUT2D eigenvalue weighted by Crippen LogP contribution is -2.21. The Hall–Kier alpha value is -1.88. The standard InChI is InChI=1S/C11H14N2O3/c12-10(14)4-5-13-7-8-2-1-3-9(6-8)11(15)16/h1-3,6,13H,4-5,7H2,(H2,12,14)(H,15,16). The molecule has 4 N–H and O–H groups in total. The smallest absolute Gasteiger partial charge is 0.335 e. The Morgan fingerprint density at radius 3 is 2.75 bits per heavy atom. The number of rotatable bonds is 6. The van der Waals surface area contributed by atoms with E-state index >= 15 is 0 Å². The summed E-state index contributed by atoms with van der Waals surface area (Å²) in [6.45, 7) is 1.01. The Bertz CT molecular complexity index is 391. The van der Waals surface area contributed by atoms with Gasteiger partial charge in [0, 0.05) is 19.5 Å². The van der Waals surface area contributed by atoms with Gasteiger partial charge in [0.1, 0.15) is 0 Å². The number of benzene rings is 1. The second-order valence-electron chi connectivity index (χ2n) is 3.40. The van der Waals surface area contributed by atoms with E-state index in [-0.39, 0.29) is 17.9 Å². The summed E-state index contributed by atoms with van der Waals surface area (Å²) in [4.78, 5) is 21.1. The summed E-state index contributed by atoms with van der Waals surface area (Å²) in [5.41, 5.74) is 6.10. The number of primary amides is 1. The lowest BCUT2D eigenvalue weighted by molar-refractivity contribution is -0.117. The van der Waals surface area contributed by atoms with Crippen molar-refractivity contribution in [1.82, 2.24) is 5.32 Å². The quantitative estimate of drug-likeness (QED) is 0.605. The predicted molar refractivity (Wildman–Crippen MR) is 58.9 cm³/mol. The molecule has 0 heterocycles. The van der Waals surface area contributed by atoms with Crippen LogP contribution in [0.2, 0.25) is 0 Å². The molecule has 0 unspecified atom stereocenters. The molecule has 0 atom stereocenters. The molecule has 1 aromatic carbocycles. The minimum Gasteiger partial charge on any atom is -0.478 e. The van der Waals surface area contributed by atoms with Gasteiger partial charge in [-0.2, -0.15) is 0 Å². The van der Waals surface area contributed by atoms with Gasteiger partial charge in [0.15, 0.2) is 0 Å². The third-order valence-corrected chi connectivity index (χ3v) is 2.05. The van der Waals surface area contributed by atoms with Crippen molar-refractivity contribution >= 4 is 11.9 Å². The van der Waals surface area contributed by atoms with E-state index in [1.807, 2.05) is 6.07 Å². The number of hydrogen-bond donors (Lipinski definition) is 3. The number of carboxylic acid groups (broad SMARTS) is 1. The SMILES string of the molecule is NC(=O)CCNCc1cccc(C(=O)O)c1. The molecule has 5 nitrogen and oxygen atoms in total. The van der Waals surface area contributed by atoms with Crippen molar-refractivity contribution in [2.45, 2.75) is 13.0 Å². The number of carbonyl (C=O) groups is 2. The lowest BCUT2D eigenvalue weighted by Gasteiger charge is -2.04. The second kappa shape index (κ2) is 5.87. The molecule has 1 amide bonds. The fourth-order valence-electron chi connectivity index (χ4n) is 1.26. The highest BCUT2D eigenvalue weighted by molar-refractivity contribution is 5.87. The molecule has 0 saturated heterocycles. The molecule has 0 aliphatic rings. The molecule has 0 fully saturated rings. The van der Waals surface area contributed by atoms with Crippen LogP contribution in [-0.2, 0) is 11.3 Å². The number of amides is 1. The maximum atomic E-state index is 10.7. The van der Waals surface area contributed by atoms with Gasteiger partial charge in [0.25, 0.3) is 0 Å². The fourth-order valence-corrected chi connectivity index (χ4v) is 1.26. The monoisotopic (exact) mass is 222 g/mol. The first-order valence-electron chi connectivity index (χ1n) is 4.91. The third-order valence-electron chi connectivity index (χ3n) is 2.05. The lowest BCUT2D eigenvalue weighted by atomic mass is 10.1. The van der Waals surface area contributed by atoms with Crippen LogP contribution in [-0.4, -0.2) is 23.5 Å². The van der Waals surface area contributed by atoms with Crippen LogP contribution >= 0.6 is 0 Å². The van der Waals surface area contributed by atoms with Gasteiger partial charge in [-0.05, 0) is 17.7 Å². The van der Waals surface area contributed by atoms with E-state index in [4.69, 9.17) is 10.8 Å². The van der Waals surface area contributed by atoms with Gasteiger partial charge in [0.05, 0.1) is 5.56 Å². The van der Waals surface area contributed by atoms with Crippen LogP contribution in [0.15, 0.2) is 24.3 Å². The largest absolute Gasteiger partial charge is 0.478 e. The number of hydrogen-bond acceptors (Lipinski definition) is 3. The summed E-state index contributed by atoms with van der Waals surface area (Å²) in [6.07, 6.45) is 0.276. The summed E-state index contributed by atoms with van der Waals surface area (Å²) in [6, 6.07) is 6.65. The van der Waals surface area contributed by atoms with Gasteiger partial charge >= 0.3 is 5.97 Å². The Kier molecular flexibility index (Phi) is 4.47. The Morgan fingerprint density at radius 1 is 1.38 bits per heavy atom. The highest BCUT2D eigenvalue weighted by atomic mass is 16.4. The Balaban J connectivity index is 2.45. The first-order chi connectivity index (χ1) is 7.59. The summed E-state index contributed by atoms with van der Waals surface area (Å²) >= 11 is 0. The zero-order valence-electron chi connectivity index (χ0n) is 8.77. The van der Waals surface area contributed by atoms with Gasteiger partial charge in [0.2, 0.25) is 5.91 Å². The average Bonchev–Trinajstić information content (AvgIpc) is 2.24. The van der Waals surface area contributed by atoms with E-state index in [0.29, 0.717) is 13.1 Å². The molecule has 0 bridgehead atoms. The fraction of sp³-hybridized carbons (Fsp3) is 0.273. The zero-order valence-corrected chi connectivity index (χ0v) is 8.77. The Labute approximate surface area is 93.3 Å². The van der Waals surface area contributed by atoms with Gasteiger partial charge in [-0.25, -0.2) is 4.79 Å². The Morgan fingerprint density at radius 2 is 2.12 bits per heavy atom. The summed E-state index contributed by atoms with van der Waals surface area (Å²) < 4.78 is 0. The van der Waals surface area contributed by atoms with E-state index in [1.54, 1.807) is 12.1 Å². The molecule has 5 heteroatoms. The highest BCUT2D eigenvalue weighted by Crippen LogP contribution is 2.04. The van der Waals surface area contributed by atoms with Gasteiger partial charge < -0.3 is 16.2 Å². The average molecular weight is 222 g/mol. The molecule has 1 rings (SSSR count). The molecule has 0 radical (unpaired) electrons. The van der Waals surface area contributed by atoms with Crippen molar-refractivity contribution in [3.8, 4) is 0 Å². The van der Waals surface area contributed by atoms with Crippen molar-refractivity contribution in [1.29, 1.82) is 0 Å². The number of nitrogens with two attached hydrogens (primary N) is 1. The minimum absolute atomic E-state index is 0.259. The van der Waals surface area contributed by atoms with E-state index in [1.165, 1.54) is 6.07 Å². The van der Waals surface area contributed by atoms with Crippen molar-refractivity contribution < 1.29 is 14.7 Å². The molecule has 0 spiro atoms. The number of carbonyl (C=O) groups excluding carboxylic acids is 1. The van der Waals surface area contributed by atoms with E-state index in [9.17, 15) is 9.59 Å². The van der Waals surface area contributed by atoms with Crippen LogP contribution in [0.3, 0.4) is 0 Å². The predicted octanol–water partition coefficient (Wildman–Crippen LogP) is 0.350. The highest BCUT2D eigenvalue weighted by Gasteiger charge is 2.02. The van der Waals surface area contributed by atoms with Crippen LogP contribution in [0.5, 0.6) is 0 Å². The van der Waals surface area contributed by atoms with Crippen LogP contribution in [0.25, 0.3) is 0 Å². The second-order valence-corrected chi connectivity index (χ2v) is 3.40. The number of nitrogens with one attached hydrogen (secondary N) is 1. The van der Waals surface area contributed by atoms with Crippen LogP contribution in [0.1, 0.15) is 22.3 Å². The van der Waals surface area contributed by atoms with Crippen molar-refractivity contribution in [3.63, 3.8) is 0 Å². The molecule has 1 aromatic rings. The van der Waals surface area contributed by atoms with Gasteiger partial charge in [-0.3, -0.25) is 4.79 Å². The molecule has 0 aliphatic heterocycles. The third kappa shape index (κ3) is 4.10. The number of aromatic carboxylic acids is 1. The summed E-state index contributed by atoms with van der Waals surface area (Å²) in [5, 5.41) is 11.8. The molecular formula is C11H14N2O3. The van der Waals surface area contributed by atoms with Crippen molar-refractivity contribution in [3.05, 3.63) is 35.4 Å². The first kappa shape index (κ1) is 12.2. The maximum absolute atomic E-state index is 10.7. The van der Waals surface area contributed by atoms with E-state index in [0.717, 1.165) is 5.56 Å². The molecule has 0 saturated carbocycles. The molecular weight excluding hydrogens is 208 g/mol. The minimum atomic E-state index is -0.945. The molecule has 0 aliphatic carbocycles.